The standard InChI is InChI=1S/C13H16FNO3/c1-9(2)15(13(17)8-18-10(3)16)12-7-5-4-6-11(12)14/h4-7,9H,8H2,1-3H3. The topological polar surface area (TPSA) is 46.6 Å². The van der Waals surface area contributed by atoms with E-state index in [0.29, 0.717) is 0 Å². The van der Waals surface area contributed by atoms with Crippen molar-refractivity contribution < 1.29 is 18.7 Å². The highest BCUT2D eigenvalue weighted by Crippen LogP contribution is 2.21. The lowest BCUT2D eigenvalue weighted by molar-refractivity contribution is -0.145. The number of benzene rings is 1. The summed E-state index contributed by atoms with van der Waals surface area (Å²) in [6, 6.07) is 5.76. The van der Waals surface area contributed by atoms with E-state index in [2.05, 4.69) is 4.74 Å². The number of esters is 1. The number of carbonyl (C=O) groups is 2. The lowest BCUT2D eigenvalue weighted by Crippen LogP contribution is -2.40. The first kappa shape index (κ1) is 14.2. The second-order valence-corrected chi connectivity index (χ2v) is 4.09. The Morgan fingerprint density at radius 1 is 1.33 bits per heavy atom. The van der Waals surface area contributed by atoms with Gasteiger partial charge >= 0.3 is 5.97 Å². The van der Waals surface area contributed by atoms with Crippen LogP contribution in [-0.4, -0.2) is 24.5 Å². The Hall–Kier alpha value is -1.91. The average Bonchev–Trinajstić information content (AvgIpc) is 2.29. The molecule has 0 saturated heterocycles. The lowest BCUT2D eigenvalue weighted by Gasteiger charge is -2.26. The Bertz CT molecular complexity index is 446. The highest BCUT2D eigenvalue weighted by atomic mass is 19.1. The molecule has 1 aromatic rings. The highest BCUT2D eigenvalue weighted by Gasteiger charge is 2.22. The summed E-state index contributed by atoms with van der Waals surface area (Å²) in [5.41, 5.74) is 0.185. The quantitative estimate of drug-likeness (QED) is 0.772. The summed E-state index contributed by atoms with van der Waals surface area (Å²) >= 11 is 0. The number of anilines is 1. The summed E-state index contributed by atoms with van der Waals surface area (Å²) in [6.45, 7) is 4.36. The van der Waals surface area contributed by atoms with E-state index in [4.69, 9.17) is 0 Å². The average molecular weight is 253 g/mol. The van der Waals surface area contributed by atoms with E-state index in [-0.39, 0.29) is 18.3 Å². The van der Waals surface area contributed by atoms with E-state index in [0.717, 1.165) is 0 Å². The summed E-state index contributed by atoms with van der Waals surface area (Å²) in [5, 5.41) is 0. The fraction of sp³-hybridized carbons (Fsp3) is 0.385. The minimum Gasteiger partial charge on any atom is -0.456 e. The van der Waals surface area contributed by atoms with E-state index < -0.39 is 17.7 Å². The molecular formula is C13H16FNO3. The van der Waals surface area contributed by atoms with Crippen LogP contribution in [0.15, 0.2) is 24.3 Å². The third-order valence-electron chi connectivity index (χ3n) is 2.30. The van der Waals surface area contributed by atoms with Crippen LogP contribution in [0.3, 0.4) is 0 Å². The van der Waals surface area contributed by atoms with Gasteiger partial charge in [0.1, 0.15) is 5.82 Å². The zero-order valence-electron chi connectivity index (χ0n) is 10.6. The first-order chi connectivity index (χ1) is 8.43. The molecule has 5 heteroatoms. The summed E-state index contributed by atoms with van der Waals surface area (Å²) in [5.74, 6) is -1.48. The van der Waals surface area contributed by atoms with Gasteiger partial charge in [-0.25, -0.2) is 4.39 Å². The van der Waals surface area contributed by atoms with Crippen molar-refractivity contribution in [2.45, 2.75) is 26.8 Å². The number of ether oxygens (including phenoxy) is 1. The van der Waals surface area contributed by atoms with Gasteiger partial charge in [-0.3, -0.25) is 9.59 Å². The summed E-state index contributed by atoms with van der Waals surface area (Å²) < 4.78 is 18.3. The van der Waals surface area contributed by atoms with E-state index >= 15 is 0 Å². The van der Waals surface area contributed by atoms with Gasteiger partial charge < -0.3 is 9.64 Å². The van der Waals surface area contributed by atoms with Gasteiger partial charge in [0, 0.05) is 13.0 Å². The molecule has 0 radical (unpaired) electrons. The molecule has 0 aliphatic heterocycles. The van der Waals surface area contributed by atoms with Crippen LogP contribution in [0.1, 0.15) is 20.8 Å². The molecule has 0 atom stereocenters. The van der Waals surface area contributed by atoms with Gasteiger partial charge in [-0.15, -0.1) is 0 Å². The van der Waals surface area contributed by atoms with E-state index in [9.17, 15) is 14.0 Å². The van der Waals surface area contributed by atoms with Crippen molar-refractivity contribution in [3.8, 4) is 0 Å². The number of nitrogens with zero attached hydrogens (tertiary/aromatic N) is 1. The van der Waals surface area contributed by atoms with Crippen molar-refractivity contribution in [2.24, 2.45) is 0 Å². The van der Waals surface area contributed by atoms with Crippen LogP contribution in [0, 0.1) is 5.82 Å². The number of carbonyl (C=O) groups excluding carboxylic acids is 2. The normalized spacial score (nSPS) is 10.3. The third kappa shape index (κ3) is 3.55. The second kappa shape index (κ2) is 6.14. The molecule has 0 fully saturated rings. The number of hydrogen-bond acceptors (Lipinski definition) is 3. The molecule has 0 bridgehead atoms. The van der Waals surface area contributed by atoms with Crippen molar-refractivity contribution in [2.75, 3.05) is 11.5 Å². The van der Waals surface area contributed by atoms with Gasteiger partial charge in [-0.2, -0.15) is 0 Å². The molecule has 98 valence electrons. The fourth-order valence-electron chi connectivity index (χ4n) is 1.58. The Kier molecular flexibility index (Phi) is 4.83. The maximum Gasteiger partial charge on any atom is 0.303 e. The minimum absolute atomic E-state index is 0.185. The van der Waals surface area contributed by atoms with Gasteiger partial charge in [0.25, 0.3) is 5.91 Å². The molecule has 0 N–H and O–H groups in total. The van der Waals surface area contributed by atoms with Crippen molar-refractivity contribution in [3.05, 3.63) is 30.1 Å². The Morgan fingerprint density at radius 3 is 2.44 bits per heavy atom. The molecule has 1 amide bonds. The Labute approximate surface area is 105 Å². The van der Waals surface area contributed by atoms with Crippen LogP contribution in [0.25, 0.3) is 0 Å². The van der Waals surface area contributed by atoms with Crippen LogP contribution < -0.4 is 4.90 Å². The summed E-state index contributed by atoms with van der Waals surface area (Å²) in [6.07, 6.45) is 0. The molecule has 1 rings (SSSR count). The molecule has 18 heavy (non-hydrogen) atoms. The fourth-order valence-corrected chi connectivity index (χ4v) is 1.58. The number of halogens is 1. The molecule has 0 saturated carbocycles. The number of amides is 1. The third-order valence-corrected chi connectivity index (χ3v) is 2.30. The van der Waals surface area contributed by atoms with Crippen molar-refractivity contribution in [3.63, 3.8) is 0 Å². The van der Waals surface area contributed by atoms with Crippen molar-refractivity contribution in [1.82, 2.24) is 0 Å². The molecule has 4 nitrogen and oxygen atoms in total. The molecule has 0 aliphatic carbocycles. The highest BCUT2D eigenvalue weighted by molar-refractivity contribution is 5.95. The van der Waals surface area contributed by atoms with E-state index in [1.807, 2.05) is 0 Å². The van der Waals surface area contributed by atoms with Gasteiger partial charge in [-0.05, 0) is 26.0 Å². The van der Waals surface area contributed by atoms with E-state index in [1.165, 1.54) is 24.0 Å². The molecule has 0 aromatic heterocycles. The van der Waals surface area contributed by atoms with Crippen LogP contribution in [0.5, 0.6) is 0 Å². The van der Waals surface area contributed by atoms with E-state index in [1.54, 1.807) is 26.0 Å². The Balaban J connectivity index is 2.93. The number of hydrogen-bond donors (Lipinski definition) is 0. The van der Waals surface area contributed by atoms with Crippen LogP contribution in [-0.2, 0) is 14.3 Å². The number of rotatable bonds is 4. The largest absolute Gasteiger partial charge is 0.456 e. The first-order valence-corrected chi connectivity index (χ1v) is 5.63. The lowest BCUT2D eigenvalue weighted by atomic mass is 10.2. The SMILES string of the molecule is CC(=O)OCC(=O)N(c1ccccc1F)C(C)C. The summed E-state index contributed by atoms with van der Waals surface area (Å²) in [4.78, 5) is 23.9. The molecule has 1 aromatic carbocycles. The van der Waals surface area contributed by atoms with Gasteiger partial charge in [0.05, 0.1) is 5.69 Å². The zero-order chi connectivity index (χ0) is 13.7. The van der Waals surface area contributed by atoms with Gasteiger partial charge in [0.2, 0.25) is 0 Å². The van der Waals surface area contributed by atoms with Crippen LogP contribution in [0.4, 0.5) is 10.1 Å². The van der Waals surface area contributed by atoms with Crippen LogP contribution >= 0.6 is 0 Å². The Morgan fingerprint density at radius 2 is 1.94 bits per heavy atom. The molecule has 0 heterocycles. The maximum absolute atomic E-state index is 13.7. The van der Waals surface area contributed by atoms with Crippen molar-refractivity contribution >= 4 is 17.6 Å². The van der Waals surface area contributed by atoms with Gasteiger partial charge in [0.15, 0.2) is 6.61 Å². The zero-order valence-corrected chi connectivity index (χ0v) is 10.6. The predicted octanol–water partition coefficient (Wildman–Crippen LogP) is 2.13. The first-order valence-electron chi connectivity index (χ1n) is 5.63. The van der Waals surface area contributed by atoms with Crippen molar-refractivity contribution in [1.29, 1.82) is 0 Å². The minimum atomic E-state index is -0.541. The van der Waals surface area contributed by atoms with Crippen LogP contribution in [0.2, 0.25) is 0 Å². The molecule has 0 aliphatic rings. The molecule has 0 spiro atoms. The predicted molar refractivity (Wildman–Crippen MR) is 65.7 cm³/mol. The molecular weight excluding hydrogens is 237 g/mol. The smallest absolute Gasteiger partial charge is 0.303 e. The number of para-hydroxylation sites is 1. The maximum atomic E-state index is 13.7. The molecule has 0 unspecified atom stereocenters. The monoisotopic (exact) mass is 253 g/mol. The second-order valence-electron chi connectivity index (χ2n) is 4.09. The summed E-state index contributed by atoms with van der Waals surface area (Å²) in [7, 11) is 0. The van der Waals surface area contributed by atoms with Gasteiger partial charge in [-0.1, -0.05) is 12.1 Å².